The summed E-state index contributed by atoms with van der Waals surface area (Å²) in [6, 6.07) is 8.93. The number of halogens is 3. The SMILES string of the molecule is N#Cc1ccc(S(=O)(=O)NCc2ccc3c(c2)OCO3)cc1OC(F)(F)F. The maximum absolute atomic E-state index is 12.4. The fourth-order valence-electron chi connectivity index (χ4n) is 2.28. The molecule has 1 aliphatic rings. The van der Waals surface area contributed by atoms with Gasteiger partial charge in [0, 0.05) is 12.6 Å². The van der Waals surface area contributed by atoms with E-state index in [1.807, 2.05) is 0 Å². The van der Waals surface area contributed by atoms with Crippen LogP contribution in [0.4, 0.5) is 13.2 Å². The molecule has 3 rings (SSSR count). The second kappa shape index (κ2) is 6.98. The van der Waals surface area contributed by atoms with Crippen LogP contribution >= 0.6 is 0 Å². The molecule has 7 nitrogen and oxygen atoms in total. The van der Waals surface area contributed by atoms with E-state index in [-0.39, 0.29) is 13.3 Å². The molecule has 1 heterocycles. The number of benzene rings is 2. The van der Waals surface area contributed by atoms with Gasteiger partial charge in [-0.25, -0.2) is 13.1 Å². The first-order valence-corrected chi connectivity index (χ1v) is 8.84. The number of nitrogens with one attached hydrogen (secondary N) is 1. The lowest BCUT2D eigenvalue weighted by Crippen LogP contribution is -2.24. The third-order valence-electron chi connectivity index (χ3n) is 3.51. The van der Waals surface area contributed by atoms with Crippen LogP contribution in [0.2, 0.25) is 0 Å². The molecule has 27 heavy (non-hydrogen) atoms. The number of fused-ring (bicyclic) bond motifs is 1. The minimum Gasteiger partial charge on any atom is -0.454 e. The fraction of sp³-hybridized carbons (Fsp3) is 0.188. The van der Waals surface area contributed by atoms with Crippen molar-refractivity contribution in [2.24, 2.45) is 0 Å². The Labute approximate surface area is 151 Å². The van der Waals surface area contributed by atoms with Gasteiger partial charge in [0.15, 0.2) is 11.5 Å². The van der Waals surface area contributed by atoms with Crippen LogP contribution in [0.5, 0.6) is 17.2 Å². The highest BCUT2D eigenvalue weighted by Gasteiger charge is 2.33. The van der Waals surface area contributed by atoms with E-state index in [2.05, 4.69) is 9.46 Å². The summed E-state index contributed by atoms with van der Waals surface area (Å²) in [4.78, 5) is -0.471. The molecule has 1 N–H and O–H groups in total. The number of nitriles is 1. The number of alkyl halides is 3. The third-order valence-corrected chi connectivity index (χ3v) is 4.91. The van der Waals surface area contributed by atoms with Crippen molar-refractivity contribution in [2.75, 3.05) is 6.79 Å². The van der Waals surface area contributed by atoms with Crippen molar-refractivity contribution in [3.8, 4) is 23.3 Å². The van der Waals surface area contributed by atoms with E-state index in [4.69, 9.17) is 14.7 Å². The van der Waals surface area contributed by atoms with Crippen molar-refractivity contribution < 1.29 is 35.8 Å². The van der Waals surface area contributed by atoms with Crippen molar-refractivity contribution in [3.05, 3.63) is 47.5 Å². The van der Waals surface area contributed by atoms with Gasteiger partial charge >= 0.3 is 6.36 Å². The lowest BCUT2D eigenvalue weighted by Gasteiger charge is -2.12. The average Bonchev–Trinajstić information content (AvgIpc) is 3.06. The van der Waals surface area contributed by atoms with E-state index in [1.165, 1.54) is 6.07 Å². The largest absolute Gasteiger partial charge is 0.573 e. The Hall–Kier alpha value is -2.97. The number of hydrogen-bond acceptors (Lipinski definition) is 6. The zero-order valence-corrected chi connectivity index (χ0v) is 14.2. The number of sulfonamides is 1. The summed E-state index contributed by atoms with van der Waals surface area (Å²) in [7, 11) is -4.15. The predicted molar refractivity (Wildman–Crippen MR) is 84.4 cm³/mol. The Morgan fingerprint density at radius 3 is 2.59 bits per heavy atom. The normalized spacial score (nSPS) is 13.3. The molecule has 2 aromatic carbocycles. The molecule has 11 heteroatoms. The van der Waals surface area contributed by atoms with E-state index < -0.39 is 32.6 Å². The van der Waals surface area contributed by atoms with Crippen LogP contribution in [0, 0.1) is 11.3 Å². The fourth-order valence-corrected chi connectivity index (χ4v) is 3.32. The Balaban J connectivity index is 1.80. The molecule has 0 bridgehead atoms. The van der Waals surface area contributed by atoms with Crippen LogP contribution in [0.3, 0.4) is 0 Å². The molecule has 1 aliphatic heterocycles. The highest BCUT2D eigenvalue weighted by molar-refractivity contribution is 7.89. The molecule has 0 amide bonds. The quantitative estimate of drug-likeness (QED) is 0.829. The van der Waals surface area contributed by atoms with Gasteiger partial charge in [-0.15, -0.1) is 13.2 Å². The molecular weight excluding hydrogens is 389 g/mol. The van der Waals surface area contributed by atoms with Crippen molar-refractivity contribution in [1.29, 1.82) is 5.26 Å². The summed E-state index contributed by atoms with van der Waals surface area (Å²) in [5, 5.41) is 8.85. The molecule has 0 fully saturated rings. The Morgan fingerprint density at radius 2 is 1.89 bits per heavy atom. The van der Waals surface area contributed by atoms with E-state index in [1.54, 1.807) is 18.2 Å². The molecule has 0 aliphatic carbocycles. The molecular formula is C16H11F3N2O5S. The molecule has 0 aromatic heterocycles. The number of rotatable bonds is 5. The molecule has 0 saturated heterocycles. The Kier molecular flexibility index (Phi) is 4.86. The van der Waals surface area contributed by atoms with Gasteiger partial charge in [0.2, 0.25) is 16.8 Å². The second-order valence-corrected chi connectivity index (χ2v) is 7.10. The molecule has 0 spiro atoms. The van der Waals surface area contributed by atoms with Gasteiger partial charge < -0.3 is 14.2 Å². The van der Waals surface area contributed by atoms with E-state index in [0.717, 1.165) is 12.1 Å². The minimum absolute atomic E-state index is 0.0672. The lowest BCUT2D eigenvalue weighted by molar-refractivity contribution is -0.274. The monoisotopic (exact) mass is 400 g/mol. The predicted octanol–water partition coefficient (Wildman–Crippen LogP) is 2.66. The number of nitrogens with zero attached hydrogens (tertiary/aromatic N) is 1. The third kappa shape index (κ3) is 4.42. The highest BCUT2D eigenvalue weighted by Crippen LogP contribution is 2.33. The zero-order chi connectivity index (χ0) is 19.7. The van der Waals surface area contributed by atoms with Gasteiger partial charge in [-0.2, -0.15) is 5.26 Å². The van der Waals surface area contributed by atoms with E-state index in [0.29, 0.717) is 23.1 Å². The summed E-state index contributed by atoms with van der Waals surface area (Å²) in [5.74, 6) is 0.101. The maximum Gasteiger partial charge on any atom is 0.573 e. The summed E-state index contributed by atoms with van der Waals surface area (Å²) in [5.41, 5.74) is 0.116. The van der Waals surface area contributed by atoms with Crippen LogP contribution in [-0.2, 0) is 16.6 Å². The van der Waals surface area contributed by atoms with Crippen LogP contribution in [0.25, 0.3) is 0 Å². The van der Waals surface area contributed by atoms with Crippen LogP contribution < -0.4 is 18.9 Å². The Morgan fingerprint density at radius 1 is 1.15 bits per heavy atom. The Bertz CT molecular complexity index is 1020. The first kappa shape index (κ1) is 18.8. The maximum atomic E-state index is 12.4. The number of hydrogen-bond donors (Lipinski definition) is 1. The minimum atomic E-state index is -5.06. The second-order valence-electron chi connectivity index (χ2n) is 5.33. The van der Waals surface area contributed by atoms with Gasteiger partial charge in [0.05, 0.1) is 10.5 Å². The smallest absolute Gasteiger partial charge is 0.454 e. The molecule has 2 aromatic rings. The lowest BCUT2D eigenvalue weighted by atomic mass is 10.2. The topological polar surface area (TPSA) is 97.7 Å². The summed E-state index contributed by atoms with van der Waals surface area (Å²) in [6.07, 6.45) is -5.06. The van der Waals surface area contributed by atoms with Gasteiger partial charge in [0.25, 0.3) is 0 Å². The highest BCUT2D eigenvalue weighted by atomic mass is 32.2. The van der Waals surface area contributed by atoms with Crippen LogP contribution in [0.1, 0.15) is 11.1 Å². The molecule has 0 unspecified atom stereocenters. The molecule has 0 saturated carbocycles. The van der Waals surface area contributed by atoms with Crippen LogP contribution in [-0.4, -0.2) is 21.6 Å². The van der Waals surface area contributed by atoms with Crippen LogP contribution in [0.15, 0.2) is 41.3 Å². The van der Waals surface area contributed by atoms with E-state index >= 15 is 0 Å². The summed E-state index contributed by atoms with van der Waals surface area (Å²) in [6.45, 7) is -0.0633. The van der Waals surface area contributed by atoms with Crippen molar-refractivity contribution in [3.63, 3.8) is 0 Å². The van der Waals surface area contributed by atoms with Gasteiger partial charge in [-0.05, 0) is 29.8 Å². The first-order chi connectivity index (χ1) is 12.7. The van der Waals surface area contributed by atoms with Gasteiger partial charge in [-0.3, -0.25) is 0 Å². The van der Waals surface area contributed by atoms with Crippen molar-refractivity contribution in [1.82, 2.24) is 4.72 Å². The zero-order valence-electron chi connectivity index (χ0n) is 13.4. The number of ether oxygens (including phenoxy) is 3. The van der Waals surface area contributed by atoms with Crippen molar-refractivity contribution in [2.45, 2.75) is 17.8 Å². The van der Waals surface area contributed by atoms with E-state index in [9.17, 15) is 21.6 Å². The first-order valence-electron chi connectivity index (χ1n) is 7.36. The summed E-state index contributed by atoms with van der Waals surface area (Å²) < 4.78 is 78.4. The standard InChI is InChI=1S/C16H11F3N2O5S/c17-16(18,19)26-14-6-12(3-2-11(14)7-20)27(22,23)21-8-10-1-4-13-15(5-10)25-9-24-13/h1-6,21H,8-9H2. The van der Waals surface area contributed by atoms with Crippen molar-refractivity contribution >= 4 is 10.0 Å². The summed E-state index contributed by atoms with van der Waals surface area (Å²) >= 11 is 0. The molecule has 142 valence electrons. The van der Waals surface area contributed by atoms with Gasteiger partial charge in [0.1, 0.15) is 11.8 Å². The molecule has 0 radical (unpaired) electrons. The average molecular weight is 400 g/mol. The molecule has 0 atom stereocenters. The van der Waals surface area contributed by atoms with Gasteiger partial charge in [-0.1, -0.05) is 6.07 Å².